The summed E-state index contributed by atoms with van der Waals surface area (Å²) in [6, 6.07) is 2.57. The Labute approximate surface area is 107 Å². The van der Waals surface area contributed by atoms with Crippen LogP contribution in [0.1, 0.15) is 32.6 Å². The molecule has 1 aromatic rings. The van der Waals surface area contributed by atoms with Crippen molar-refractivity contribution in [3.8, 4) is 0 Å². The van der Waals surface area contributed by atoms with E-state index in [1.54, 1.807) is 11.8 Å². The first-order chi connectivity index (χ1) is 8.24. The number of nitrogens with two attached hydrogens (primary N) is 1. The molecule has 4 nitrogen and oxygen atoms in total. The Hall–Kier alpha value is -0.970. The Morgan fingerprint density at radius 1 is 1.47 bits per heavy atom. The molecule has 2 N–H and O–H groups in total. The van der Waals surface area contributed by atoms with Crippen molar-refractivity contribution in [2.45, 2.75) is 43.8 Å². The molecular weight excluding hydrogens is 232 g/mol. The van der Waals surface area contributed by atoms with Gasteiger partial charge in [-0.15, -0.1) is 0 Å². The maximum atomic E-state index is 5.83. The molecule has 0 amide bonds. The summed E-state index contributed by atoms with van der Waals surface area (Å²) >= 11 is 1.54. The van der Waals surface area contributed by atoms with Crippen molar-refractivity contribution in [3.05, 3.63) is 6.07 Å². The van der Waals surface area contributed by atoms with Crippen molar-refractivity contribution in [1.29, 1.82) is 0 Å². The van der Waals surface area contributed by atoms with E-state index in [0.717, 1.165) is 17.5 Å². The van der Waals surface area contributed by atoms with Crippen molar-refractivity contribution in [2.24, 2.45) is 0 Å². The minimum Gasteiger partial charge on any atom is -0.383 e. The van der Waals surface area contributed by atoms with Gasteiger partial charge >= 0.3 is 0 Å². The fourth-order valence-electron chi connectivity index (χ4n) is 1.87. The predicted molar refractivity (Wildman–Crippen MR) is 73.5 cm³/mol. The third-order valence-electron chi connectivity index (χ3n) is 2.93. The molecule has 0 spiro atoms. The molecule has 1 aliphatic carbocycles. The smallest absolute Gasteiger partial charge is 0.191 e. The zero-order chi connectivity index (χ0) is 12.3. The minimum atomic E-state index is 0.571. The van der Waals surface area contributed by atoms with E-state index in [4.69, 9.17) is 5.73 Å². The van der Waals surface area contributed by atoms with Gasteiger partial charge < -0.3 is 10.6 Å². The molecule has 1 fully saturated rings. The molecule has 1 heterocycles. The summed E-state index contributed by atoms with van der Waals surface area (Å²) in [6.45, 7) is 3.29. The first kappa shape index (κ1) is 12.5. The topological polar surface area (TPSA) is 55.0 Å². The molecule has 0 aromatic carbocycles. The molecule has 1 aromatic heterocycles. The van der Waals surface area contributed by atoms with Gasteiger partial charge in [-0.1, -0.05) is 25.1 Å². The molecule has 0 aliphatic heterocycles. The van der Waals surface area contributed by atoms with Crippen LogP contribution in [0.2, 0.25) is 0 Å². The highest BCUT2D eigenvalue weighted by Gasteiger charge is 2.29. The fraction of sp³-hybridized carbons (Fsp3) is 0.667. The molecule has 0 bridgehead atoms. The van der Waals surface area contributed by atoms with Gasteiger partial charge in [0, 0.05) is 18.7 Å². The van der Waals surface area contributed by atoms with Crippen LogP contribution in [0, 0.1) is 0 Å². The number of unbranched alkanes of at least 4 members (excludes halogenated alkanes) is 1. The van der Waals surface area contributed by atoms with Crippen LogP contribution in [0.25, 0.3) is 0 Å². The predicted octanol–water partition coefficient (Wildman–Crippen LogP) is 2.55. The van der Waals surface area contributed by atoms with Crippen LogP contribution in [0.3, 0.4) is 0 Å². The van der Waals surface area contributed by atoms with E-state index < -0.39 is 0 Å². The Morgan fingerprint density at radius 3 is 2.82 bits per heavy atom. The first-order valence-corrected chi connectivity index (χ1v) is 7.42. The molecule has 0 unspecified atom stereocenters. The average Bonchev–Trinajstić information content (AvgIpc) is 3.13. The lowest BCUT2D eigenvalue weighted by molar-refractivity contribution is 0.698. The van der Waals surface area contributed by atoms with Crippen molar-refractivity contribution >= 4 is 23.4 Å². The van der Waals surface area contributed by atoms with E-state index in [1.165, 1.54) is 25.7 Å². The number of rotatable bonds is 6. The average molecular weight is 252 g/mol. The summed E-state index contributed by atoms with van der Waals surface area (Å²) in [5.41, 5.74) is 5.83. The monoisotopic (exact) mass is 252 g/mol. The number of hydrogen-bond donors (Lipinski definition) is 1. The minimum absolute atomic E-state index is 0.571. The molecule has 17 heavy (non-hydrogen) atoms. The number of aromatic nitrogens is 2. The van der Waals surface area contributed by atoms with Crippen molar-refractivity contribution < 1.29 is 0 Å². The van der Waals surface area contributed by atoms with Crippen LogP contribution in [0.4, 0.5) is 11.6 Å². The maximum absolute atomic E-state index is 5.83. The summed E-state index contributed by atoms with van der Waals surface area (Å²) in [7, 11) is 0. The lowest BCUT2D eigenvalue weighted by atomic mass is 10.3. The van der Waals surface area contributed by atoms with E-state index in [2.05, 4.69) is 21.8 Å². The zero-order valence-corrected chi connectivity index (χ0v) is 11.3. The van der Waals surface area contributed by atoms with Crippen LogP contribution < -0.4 is 10.6 Å². The summed E-state index contributed by atoms with van der Waals surface area (Å²) in [6.07, 6.45) is 6.95. The highest BCUT2D eigenvalue weighted by Crippen LogP contribution is 2.32. The second kappa shape index (κ2) is 5.58. The summed E-state index contributed by atoms with van der Waals surface area (Å²) in [4.78, 5) is 11.2. The largest absolute Gasteiger partial charge is 0.383 e. The fourth-order valence-corrected chi connectivity index (χ4v) is 2.25. The van der Waals surface area contributed by atoms with Crippen molar-refractivity contribution in [1.82, 2.24) is 9.97 Å². The van der Waals surface area contributed by atoms with Crippen LogP contribution in [0.5, 0.6) is 0 Å². The Balaban J connectivity index is 2.18. The highest BCUT2D eigenvalue weighted by atomic mass is 32.2. The van der Waals surface area contributed by atoms with E-state index in [0.29, 0.717) is 11.9 Å². The standard InChI is InChI=1S/C12H20N4S/c1-3-4-7-16(9-5-6-9)11-8-10(13)14-12(15-11)17-2/h8-9H,3-7H2,1-2H3,(H2,13,14,15). The van der Waals surface area contributed by atoms with Crippen LogP contribution >= 0.6 is 11.8 Å². The number of hydrogen-bond acceptors (Lipinski definition) is 5. The van der Waals surface area contributed by atoms with Gasteiger partial charge in [-0.2, -0.15) is 0 Å². The lowest BCUT2D eigenvalue weighted by Gasteiger charge is -2.23. The van der Waals surface area contributed by atoms with Gasteiger partial charge in [0.1, 0.15) is 11.6 Å². The van der Waals surface area contributed by atoms with Gasteiger partial charge in [0.05, 0.1) is 0 Å². The van der Waals surface area contributed by atoms with Gasteiger partial charge in [-0.3, -0.25) is 0 Å². The Bertz CT molecular complexity index is 379. The number of anilines is 2. The van der Waals surface area contributed by atoms with Gasteiger partial charge in [0.2, 0.25) is 0 Å². The number of nitrogen functional groups attached to an aromatic ring is 1. The molecular formula is C12H20N4S. The van der Waals surface area contributed by atoms with E-state index in [1.807, 2.05) is 12.3 Å². The first-order valence-electron chi connectivity index (χ1n) is 6.19. The molecule has 1 aliphatic rings. The summed E-state index contributed by atoms with van der Waals surface area (Å²) < 4.78 is 0. The SMILES string of the molecule is CCCCN(c1cc(N)nc(SC)n1)C1CC1. The maximum Gasteiger partial charge on any atom is 0.191 e. The molecule has 0 saturated heterocycles. The van der Waals surface area contributed by atoms with Gasteiger partial charge in [-0.25, -0.2) is 9.97 Å². The molecule has 5 heteroatoms. The van der Waals surface area contributed by atoms with E-state index in [-0.39, 0.29) is 0 Å². The second-order valence-electron chi connectivity index (χ2n) is 4.42. The van der Waals surface area contributed by atoms with Crippen LogP contribution in [-0.4, -0.2) is 28.8 Å². The lowest BCUT2D eigenvalue weighted by Crippen LogP contribution is -2.28. The zero-order valence-electron chi connectivity index (χ0n) is 10.5. The van der Waals surface area contributed by atoms with Gasteiger partial charge in [-0.05, 0) is 25.5 Å². The van der Waals surface area contributed by atoms with E-state index in [9.17, 15) is 0 Å². The number of nitrogens with zero attached hydrogens (tertiary/aromatic N) is 3. The van der Waals surface area contributed by atoms with Crippen molar-refractivity contribution in [2.75, 3.05) is 23.4 Å². The molecule has 0 atom stereocenters. The summed E-state index contributed by atoms with van der Waals surface area (Å²) in [5.74, 6) is 1.57. The Kier molecular flexibility index (Phi) is 4.10. The van der Waals surface area contributed by atoms with E-state index >= 15 is 0 Å². The molecule has 2 rings (SSSR count). The molecule has 94 valence electrons. The van der Waals surface area contributed by atoms with Crippen LogP contribution in [-0.2, 0) is 0 Å². The molecule has 0 radical (unpaired) electrons. The van der Waals surface area contributed by atoms with Gasteiger partial charge in [0.15, 0.2) is 5.16 Å². The number of thioether (sulfide) groups is 1. The third kappa shape index (κ3) is 3.25. The van der Waals surface area contributed by atoms with Crippen LogP contribution in [0.15, 0.2) is 11.2 Å². The second-order valence-corrected chi connectivity index (χ2v) is 5.19. The quantitative estimate of drug-likeness (QED) is 0.623. The van der Waals surface area contributed by atoms with Gasteiger partial charge in [0.25, 0.3) is 0 Å². The highest BCUT2D eigenvalue weighted by molar-refractivity contribution is 7.98. The normalized spacial score (nSPS) is 14.9. The summed E-state index contributed by atoms with van der Waals surface area (Å²) in [5, 5.41) is 0.766. The molecule has 1 saturated carbocycles. The van der Waals surface area contributed by atoms with Crippen molar-refractivity contribution in [3.63, 3.8) is 0 Å². The Morgan fingerprint density at radius 2 is 2.24 bits per heavy atom. The third-order valence-corrected chi connectivity index (χ3v) is 3.48.